The summed E-state index contributed by atoms with van der Waals surface area (Å²) < 4.78 is 10.2. The predicted octanol–water partition coefficient (Wildman–Crippen LogP) is 3.43. The number of nitro benzene ring substituents is 1. The van der Waals surface area contributed by atoms with E-state index in [-0.39, 0.29) is 23.0 Å². The summed E-state index contributed by atoms with van der Waals surface area (Å²) in [5, 5.41) is 13.2. The van der Waals surface area contributed by atoms with Crippen molar-refractivity contribution in [1.82, 2.24) is 0 Å². The van der Waals surface area contributed by atoms with E-state index in [1.165, 1.54) is 12.1 Å². The molecule has 0 unspecified atom stereocenters. The Balaban J connectivity index is 1.82. The first kappa shape index (κ1) is 20.2. The fourth-order valence-corrected chi connectivity index (χ4v) is 2.40. The van der Waals surface area contributed by atoms with E-state index in [9.17, 15) is 19.7 Å². The summed E-state index contributed by atoms with van der Waals surface area (Å²) in [6.45, 7) is 2.90. The van der Waals surface area contributed by atoms with E-state index < -0.39 is 23.4 Å². The smallest absolute Gasteiger partial charge is 0.344 e. The Labute approximate surface area is 160 Å². The number of halogens is 1. The minimum atomic E-state index is -0.716. The number of rotatable bonds is 7. The number of carbonyl (C=O) groups excluding carboxylic acids is 2. The molecule has 1 N–H and O–H groups in total. The molecule has 0 aromatic heterocycles. The SMILES string of the molecule is Cc1ccc(OCC(=O)OCC(=O)Nc2ccc(Cl)c([N+](=O)[O-])c2)c(C)c1. The monoisotopic (exact) mass is 392 g/mol. The van der Waals surface area contributed by atoms with Crippen LogP contribution in [0.2, 0.25) is 5.02 Å². The van der Waals surface area contributed by atoms with E-state index in [4.69, 9.17) is 21.1 Å². The molecule has 0 aliphatic heterocycles. The molecule has 8 nitrogen and oxygen atoms in total. The van der Waals surface area contributed by atoms with Crippen molar-refractivity contribution < 1.29 is 24.0 Å². The number of anilines is 1. The molecular formula is C18H17ClN2O6. The summed E-state index contributed by atoms with van der Waals surface area (Å²) >= 11 is 5.70. The first-order valence-corrected chi connectivity index (χ1v) is 8.23. The van der Waals surface area contributed by atoms with Crippen LogP contribution in [0.4, 0.5) is 11.4 Å². The van der Waals surface area contributed by atoms with Crippen molar-refractivity contribution in [3.63, 3.8) is 0 Å². The van der Waals surface area contributed by atoms with Gasteiger partial charge in [-0.3, -0.25) is 14.9 Å². The average molecular weight is 393 g/mol. The number of nitrogens with zero attached hydrogens (tertiary/aromatic N) is 1. The number of ether oxygens (including phenoxy) is 2. The number of amides is 1. The number of benzene rings is 2. The lowest BCUT2D eigenvalue weighted by Gasteiger charge is -2.10. The molecule has 0 atom stereocenters. The van der Waals surface area contributed by atoms with Gasteiger partial charge in [-0.25, -0.2) is 4.79 Å². The van der Waals surface area contributed by atoms with Crippen molar-refractivity contribution in [3.05, 3.63) is 62.7 Å². The van der Waals surface area contributed by atoms with E-state index in [1.54, 1.807) is 6.07 Å². The van der Waals surface area contributed by atoms with Gasteiger partial charge in [0.25, 0.3) is 11.6 Å². The van der Waals surface area contributed by atoms with E-state index in [2.05, 4.69) is 5.32 Å². The van der Waals surface area contributed by atoms with Crippen molar-refractivity contribution in [2.45, 2.75) is 13.8 Å². The highest BCUT2D eigenvalue weighted by Gasteiger charge is 2.15. The van der Waals surface area contributed by atoms with E-state index in [1.807, 2.05) is 26.0 Å². The van der Waals surface area contributed by atoms with Gasteiger partial charge in [-0.15, -0.1) is 0 Å². The van der Waals surface area contributed by atoms with Crippen LogP contribution in [0.15, 0.2) is 36.4 Å². The third kappa shape index (κ3) is 5.96. The molecule has 0 fully saturated rings. The Hall–Kier alpha value is -3.13. The van der Waals surface area contributed by atoms with Crippen LogP contribution in [0.3, 0.4) is 0 Å². The van der Waals surface area contributed by atoms with Crippen molar-refractivity contribution in [3.8, 4) is 5.75 Å². The summed E-state index contributed by atoms with van der Waals surface area (Å²) in [7, 11) is 0. The zero-order chi connectivity index (χ0) is 20.0. The van der Waals surface area contributed by atoms with E-state index >= 15 is 0 Å². The summed E-state index contributed by atoms with van der Waals surface area (Å²) in [4.78, 5) is 33.7. The largest absolute Gasteiger partial charge is 0.482 e. The molecule has 0 radical (unpaired) electrons. The van der Waals surface area contributed by atoms with Gasteiger partial charge in [-0.2, -0.15) is 0 Å². The fraction of sp³-hybridized carbons (Fsp3) is 0.222. The molecule has 0 bridgehead atoms. The van der Waals surface area contributed by atoms with Gasteiger partial charge in [0, 0.05) is 11.8 Å². The highest BCUT2D eigenvalue weighted by atomic mass is 35.5. The van der Waals surface area contributed by atoms with Gasteiger partial charge in [0.15, 0.2) is 13.2 Å². The van der Waals surface area contributed by atoms with Gasteiger partial charge in [0.2, 0.25) is 0 Å². The molecule has 2 aromatic rings. The Bertz CT molecular complexity index is 884. The molecule has 0 aliphatic carbocycles. The van der Waals surface area contributed by atoms with Crippen LogP contribution in [-0.2, 0) is 14.3 Å². The summed E-state index contributed by atoms with van der Waals surface area (Å²) in [6, 6.07) is 9.33. The highest BCUT2D eigenvalue weighted by molar-refractivity contribution is 6.32. The lowest BCUT2D eigenvalue weighted by molar-refractivity contribution is -0.384. The normalized spacial score (nSPS) is 10.2. The van der Waals surface area contributed by atoms with Crippen LogP contribution in [0.25, 0.3) is 0 Å². The molecule has 2 aromatic carbocycles. The number of hydrogen-bond donors (Lipinski definition) is 1. The number of aryl methyl sites for hydroxylation is 2. The summed E-state index contributed by atoms with van der Waals surface area (Å²) in [5.41, 5.74) is 1.78. The zero-order valence-corrected chi connectivity index (χ0v) is 15.4. The second kappa shape index (κ2) is 9.00. The lowest BCUT2D eigenvalue weighted by atomic mass is 10.1. The quantitative estimate of drug-likeness (QED) is 0.439. The second-order valence-corrected chi connectivity index (χ2v) is 6.10. The minimum Gasteiger partial charge on any atom is -0.482 e. The fourth-order valence-electron chi connectivity index (χ4n) is 2.21. The first-order valence-electron chi connectivity index (χ1n) is 7.85. The van der Waals surface area contributed by atoms with Gasteiger partial charge >= 0.3 is 5.97 Å². The molecule has 27 heavy (non-hydrogen) atoms. The molecule has 0 spiro atoms. The number of nitrogens with one attached hydrogen (secondary N) is 1. The first-order chi connectivity index (χ1) is 12.8. The van der Waals surface area contributed by atoms with Gasteiger partial charge in [0.05, 0.1) is 4.92 Å². The topological polar surface area (TPSA) is 108 Å². The molecule has 0 aliphatic rings. The molecule has 142 valence electrons. The van der Waals surface area contributed by atoms with Crippen molar-refractivity contribution in [2.75, 3.05) is 18.5 Å². The molecule has 0 heterocycles. The van der Waals surface area contributed by atoms with Crippen LogP contribution in [0, 0.1) is 24.0 Å². The van der Waals surface area contributed by atoms with Crippen molar-refractivity contribution in [2.24, 2.45) is 0 Å². The maximum Gasteiger partial charge on any atom is 0.344 e. The van der Waals surface area contributed by atoms with Gasteiger partial charge in [0.1, 0.15) is 10.8 Å². The molecule has 0 saturated carbocycles. The Morgan fingerprint density at radius 2 is 1.89 bits per heavy atom. The number of carbonyl (C=O) groups is 2. The van der Waals surface area contributed by atoms with Crippen LogP contribution < -0.4 is 10.1 Å². The lowest BCUT2D eigenvalue weighted by Crippen LogP contribution is -2.23. The van der Waals surface area contributed by atoms with Crippen LogP contribution in [0.1, 0.15) is 11.1 Å². The Kier molecular flexibility index (Phi) is 6.73. The third-order valence-electron chi connectivity index (χ3n) is 3.47. The van der Waals surface area contributed by atoms with Crippen molar-refractivity contribution >= 4 is 34.9 Å². The standard InChI is InChI=1S/C18H17ClN2O6/c1-11-3-6-16(12(2)7-11)26-10-18(23)27-9-17(22)20-13-4-5-14(19)15(8-13)21(24)25/h3-8H,9-10H2,1-2H3,(H,20,22). The van der Waals surface area contributed by atoms with Crippen LogP contribution in [-0.4, -0.2) is 30.0 Å². The Morgan fingerprint density at radius 1 is 1.15 bits per heavy atom. The van der Waals surface area contributed by atoms with Crippen LogP contribution in [0.5, 0.6) is 5.75 Å². The maximum absolute atomic E-state index is 11.8. The van der Waals surface area contributed by atoms with E-state index in [0.717, 1.165) is 17.2 Å². The summed E-state index contributed by atoms with van der Waals surface area (Å²) in [6.07, 6.45) is 0. The highest BCUT2D eigenvalue weighted by Crippen LogP contribution is 2.27. The molecule has 1 amide bonds. The molecule has 9 heteroatoms. The zero-order valence-electron chi connectivity index (χ0n) is 14.7. The van der Waals surface area contributed by atoms with E-state index in [0.29, 0.717) is 5.75 Å². The predicted molar refractivity (Wildman–Crippen MR) is 99.1 cm³/mol. The number of nitro groups is 1. The van der Waals surface area contributed by atoms with Crippen molar-refractivity contribution in [1.29, 1.82) is 0 Å². The molecular weight excluding hydrogens is 376 g/mol. The number of hydrogen-bond acceptors (Lipinski definition) is 6. The number of esters is 1. The second-order valence-electron chi connectivity index (χ2n) is 5.69. The third-order valence-corrected chi connectivity index (χ3v) is 3.79. The molecule has 0 saturated heterocycles. The Morgan fingerprint density at radius 3 is 2.56 bits per heavy atom. The van der Waals surface area contributed by atoms with Gasteiger partial charge in [-0.05, 0) is 37.6 Å². The maximum atomic E-state index is 11.8. The molecule has 2 rings (SSSR count). The van der Waals surface area contributed by atoms with Gasteiger partial charge in [-0.1, -0.05) is 29.3 Å². The van der Waals surface area contributed by atoms with Gasteiger partial charge < -0.3 is 14.8 Å². The summed E-state index contributed by atoms with van der Waals surface area (Å²) in [5.74, 6) is -0.811. The minimum absolute atomic E-state index is 0.0482. The average Bonchev–Trinajstić information content (AvgIpc) is 2.60. The van der Waals surface area contributed by atoms with Crippen LogP contribution >= 0.6 is 11.6 Å².